The minimum absolute atomic E-state index is 0.00242. The molecule has 5 aliphatic rings. The number of nitrogens with one attached hydrogen (secondary N) is 1. The molecule has 0 amide bonds. The van der Waals surface area contributed by atoms with Gasteiger partial charge in [0, 0.05) is 25.7 Å². The van der Waals surface area contributed by atoms with Crippen molar-refractivity contribution in [2.45, 2.75) is 94.5 Å². The van der Waals surface area contributed by atoms with Crippen LogP contribution < -0.4 is 5.32 Å². The van der Waals surface area contributed by atoms with Crippen LogP contribution in [0.3, 0.4) is 0 Å². The molecule has 5 rings (SSSR count). The standard InChI is InChI=1S/C26H46FN3O2/c1-29-13-6-15-32-23-10-3-2-8-21(23)22-9-4-7-20(25(22)27)17-24-26(18-31-16-12-28-26)11-5-14-30(24)19-29/h20-25,28H,2-19H2,1H3/t20?,21?,22?,23?,24-,25?,26+/m0/s1. The maximum atomic E-state index is 16.3. The normalized spacial score (nSPS) is 45.6. The van der Waals surface area contributed by atoms with E-state index in [0.717, 1.165) is 91.1 Å². The molecule has 1 N–H and O–H groups in total. The lowest BCUT2D eigenvalue weighted by Gasteiger charge is -2.54. The van der Waals surface area contributed by atoms with Crippen molar-refractivity contribution >= 4 is 0 Å². The molecule has 3 aliphatic heterocycles. The van der Waals surface area contributed by atoms with Gasteiger partial charge in [-0.1, -0.05) is 19.3 Å². The van der Waals surface area contributed by atoms with E-state index in [9.17, 15) is 0 Å². The second kappa shape index (κ2) is 10.6. The summed E-state index contributed by atoms with van der Waals surface area (Å²) in [6, 6.07) is 0.363. The molecule has 6 heteroatoms. The van der Waals surface area contributed by atoms with Gasteiger partial charge in [-0.15, -0.1) is 0 Å². The van der Waals surface area contributed by atoms with Gasteiger partial charge in [-0.2, -0.15) is 0 Å². The van der Waals surface area contributed by atoms with E-state index in [1.807, 2.05) is 0 Å². The monoisotopic (exact) mass is 451 g/mol. The molecule has 7 atom stereocenters. The maximum Gasteiger partial charge on any atom is 0.106 e. The Kier molecular flexibility index (Phi) is 7.74. The van der Waals surface area contributed by atoms with Crippen LogP contribution >= 0.6 is 0 Å². The van der Waals surface area contributed by atoms with Crippen LogP contribution in [0.1, 0.15) is 70.6 Å². The van der Waals surface area contributed by atoms with Crippen molar-refractivity contribution in [3.05, 3.63) is 0 Å². The quantitative estimate of drug-likeness (QED) is 0.606. The van der Waals surface area contributed by atoms with Gasteiger partial charge >= 0.3 is 0 Å². The van der Waals surface area contributed by atoms with Crippen molar-refractivity contribution in [2.75, 3.05) is 53.2 Å². The van der Waals surface area contributed by atoms with Gasteiger partial charge in [-0.25, -0.2) is 4.39 Å². The number of hydrogen-bond donors (Lipinski definition) is 1. The van der Waals surface area contributed by atoms with Gasteiger partial charge < -0.3 is 14.8 Å². The molecule has 1 spiro atoms. The summed E-state index contributed by atoms with van der Waals surface area (Å²) >= 11 is 0. The Morgan fingerprint density at radius 3 is 2.69 bits per heavy atom. The SMILES string of the molecule is CN1CCCOC2CCCCC2C2CCCC(C[C@@H]3N(CCC[C@@]34COCCN4)C1)C2F. The first-order chi connectivity index (χ1) is 15.7. The summed E-state index contributed by atoms with van der Waals surface area (Å²) in [6.45, 7) is 6.48. The molecule has 2 bridgehead atoms. The van der Waals surface area contributed by atoms with Crippen molar-refractivity contribution in [2.24, 2.45) is 17.8 Å². The Labute approximate surface area is 194 Å². The highest BCUT2D eigenvalue weighted by Gasteiger charge is 2.49. The van der Waals surface area contributed by atoms with Crippen molar-refractivity contribution in [1.82, 2.24) is 15.1 Å². The molecular weight excluding hydrogens is 405 g/mol. The highest BCUT2D eigenvalue weighted by atomic mass is 19.1. The first-order valence-electron chi connectivity index (χ1n) is 13.7. The van der Waals surface area contributed by atoms with Gasteiger partial charge in [0.15, 0.2) is 0 Å². The molecule has 3 saturated heterocycles. The van der Waals surface area contributed by atoms with E-state index in [1.165, 1.54) is 25.7 Å². The maximum absolute atomic E-state index is 16.3. The highest BCUT2D eigenvalue weighted by Crippen LogP contribution is 2.46. The molecule has 32 heavy (non-hydrogen) atoms. The van der Waals surface area contributed by atoms with E-state index in [-0.39, 0.29) is 23.5 Å². The van der Waals surface area contributed by atoms with Crippen LogP contribution in [0.15, 0.2) is 0 Å². The van der Waals surface area contributed by atoms with Crippen molar-refractivity contribution < 1.29 is 13.9 Å². The number of nitrogens with zero attached hydrogens (tertiary/aromatic N) is 2. The number of morpholine rings is 1. The summed E-state index contributed by atoms with van der Waals surface area (Å²) in [5.41, 5.74) is -0.00242. The van der Waals surface area contributed by atoms with E-state index < -0.39 is 6.17 Å². The van der Waals surface area contributed by atoms with E-state index in [2.05, 4.69) is 22.2 Å². The minimum Gasteiger partial charge on any atom is -0.378 e. The van der Waals surface area contributed by atoms with E-state index in [4.69, 9.17) is 9.47 Å². The number of rotatable bonds is 0. The van der Waals surface area contributed by atoms with Gasteiger partial charge in [0.25, 0.3) is 0 Å². The smallest absolute Gasteiger partial charge is 0.106 e. The lowest BCUT2D eigenvalue weighted by atomic mass is 9.65. The van der Waals surface area contributed by atoms with Crippen molar-refractivity contribution in [1.29, 1.82) is 0 Å². The molecule has 5 nitrogen and oxygen atoms in total. The van der Waals surface area contributed by atoms with Crippen LogP contribution in [0.4, 0.5) is 4.39 Å². The molecule has 184 valence electrons. The second-order valence-electron chi connectivity index (χ2n) is 11.5. The lowest BCUT2D eigenvalue weighted by molar-refractivity contribution is -0.0912. The van der Waals surface area contributed by atoms with Crippen LogP contribution in [0.25, 0.3) is 0 Å². The molecular formula is C26H46FN3O2. The molecule has 0 aromatic heterocycles. The predicted molar refractivity (Wildman–Crippen MR) is 125 cm³/mol. The molecule has 5 unspecified atom stereocenters. The average molecular weight is 452 g/mol. The average Bonchev–Trinajstić information content (AvgIpc) is 2.81. The summed E-state index contributed by atoms with van der Waals surface area (Å²) in [5, 5.41) is 3.89. The fourth-order valence-electron chi connectivity index (χ4n) is 7.91. The van der Waals surface area contributed by atoms with Gasteiger partial charge in [-0.05, 0) is 82.7 Å². The second-order valence-corrected chi connectivity index (χ2v) is 11.5. The fraction of sp³-hybridized carbons (Fsp3) is 1.00. The minimum atomic E-state index is -0.677. The molecule has 3 heterocycles. The van der Waals surface area contributed by atoms with E-state index in [0.29, 0.717) is 12.0 Å². The zero-order chi connectivity index (χ0) is 22.0. The summed E-state index contributed by atoms with van der Waals surface area (Å²) in [4.78, 5) is 5.12. The number of fused-ring (bicyclic) bond motifs is 6. The van der Waals surface area contributed by atoms with E-state index in [1.54, 1.807) is 0 Å². The molecule has 2 aliphatic carbocycles. The Morgan fingerprint density at radius 2 is 1.81 bits per heavy atom. The summed E-state index contributed by atoms with van der Waals surface area (Å²) in [5.74, 6) is 0.804. The van der Waals surface area contributed by atoms with E-state index >= 15 is 4.39 Å². The number of ether oxygens (including phenoxy) is 2. The van der Waals surface area contributed by atoms with Crippen LogP contribution in [0.2, 0.25) is 0 Å². The fourth-order valence-corrected chi connectivity index (χ4v) is 7.91. The Hall–Kier alpha value is -0.270. The molecule has 0 aromatic rings. The molecule has 2 saturated carbocycles. The van der Waals surface area contributed by atoms with Gasteiger partial charge in [0.05, 0.1) is 31.5 Å². The third-order valence-electron chi connectivity index (χ3n) is 9.47. The Morgan fingerprint density at radius 1 is 0.938 bits per heavy atom. The van der Waals surface area contributed by atoms with Crippen LogP contribution in [-0.4, -0.2) is 86.8 Å². The molecule has 0 aromatic carbocycles. The predicted octanol–water partition coefficient (Wildman–Crippen LogP) is 3.82. The highest BCUT2D eigenvalue weighted by molar-refractivity contribution is 5.06. The third-order valence-corrected chi connectivity index (χ3v) is 9.47. The summed E-state index contributed by atoms with van der Waals surface area (Å²) < 4.78 is 28.8. The Bertz CT molecular complexity index is 596. The van der Waals surface area contributed by atoms with Gasteiger partial charge in [-0.3, -0.25) is 9.80 Å². The van der Waals surface area contributed by atoms with Gasteiger partial charge in [0.2, 0.25) is 0 Å². The number of piperidine rings is 1. The lowest BCUT2D eigenvalue weighted by Crippen LogP contribution is -2.69. The third kappa shape index (κ3) is 4.91. The topological polar surface area (TPSA) is 37.0 Å². The van der Waals surface area contributed by atoms with Crippen molar-refractivity contribution in [3.8, 4) is 0 Å². The van der Waals surface area contributed by atoms with Crippen LogP contribution in [0, 0.1) is 17.8 Å². The summed E-state index contributed by atoms with van der Waals surface area (Å²) in [6.07, 6.45) is 12.1. The first-order valence-corrected chi connectivity index (χ1v) is 13.7. The Balaban J connectivity index is 1.42. The number of hydrogen-bond acceptors (Lipinski definition) is 5. The van der Waals surface area contributed by atoms with Gasteiger partial charge in [0.1, 0.15) is 6.17 Å². The number of alkyl halides is 1. The molecule has 0 radical (unpaired) electrons. The summed E-state index contributed by atoms with van der Waals surface area (Å²) in [7, 11) is 2.24. The first kappa shape index (κ1) is 23.5. The zero-order valence-electron chi connectivity index (χ0n) is 20.3. The van der Waals surface area contributed by atoms with Crippen molar-refractivity contribution in [3.63, 3.8) is 0 Å². The zero-order valence-corrected chi connectivity index (χ0v) is 20.3. The van der Waals surface area contributed by atoms with Crippen LogP contribution in [0.5, 0.6) is 0 Å². The largest absolute Gasteiger partial charge is 0.378 e. The van der Waals surface area contributed by atoms with Crippen LogP contribution in [-0.2, 0) is 9.47 Å². The number of halogens is 1. The molecule has 5 fully saturated rings.